The Bertz CT molecular complexity index is 998. The second-order valence-electron chi connectivity index (χ2n) is 6.44. The van der Waals surface area contributed by atoms with Crippen molar-refractivity contribution in [2.24, 2.45) is 0 Å². The van der Waals surface area contributed by atoms with Crippen LogP contribution in [0.1, 0.15) is 18.1 Å². The third-order valence-corrected chi connectivity index (χ3v) is 5.39. The Morgan fingerprint density at radius 1 is 0.967 bits per heavy atom. The highest BCUT2D eigenvalue weighted by atomic mass is 79.9. The molecule has 0 amide bonds. The first-order valence-corrected chi connectivity index (χ1v) is 10.6. The van der Waals surface area contributed by atoms with Crippen molar-refractivity contribution >= 4 is 33.2 Å². The molecule has 7 heteroatoms. The smallest absolute Gasteiger partial charge is 0.162 e. The lowest BCUT2D eigenvalue weighted by atomic mass is 10.2. The average molecular weight is 495 g/mol. The summed E-state index contributed by atoms with van der Waals surface area (Å²) >= 11 is 9.80. The number of methoxy groups -OCH3 is 1. The number of hydrogen-bond acceptors (Lipinski definition) is 4. The van der Waals surface area contributed by atoms with Gasteiger partial charge in [0.05, 0.1) is 18.7 Å². The molecule has 158 valence electrons. The fourth-order valence-corrected chi connectivity index (χ4v) is 3.53. The molecule has 1 N–H and O–H groups in total. The van der Waals surface area contributed by atoms with Crippen LogP contribution in [0.2, 0.25) is 5.02 Å². The van der Waals surface area contributed by atoms with Crippen LogP contribution in [0.15, 0.2) is 59.1 Å². The fourth-order valence-electron chi connectivity index (χ4n) is 2.81. The molecule has 3 rings (SSSR count). The molecule has 3 aromatic rings. The second-order valence-corrected chi connectivity index (χ2v) is 7.70. The molecule has 0 unspecified atom stereocenters. The third-order valence-electron chi connectivity index (χ3n) is 4.35. The van der Waals surface area contributed by atoms with E-state index in [1.807, 2.05) is 37.3 Å². The van der Waals surface area contributed by atoms with Crippen LogP contribution in [-0.2, 0) is 13.2 Å². The van der Waals surface area contributed by atoms with Gasteiger partial charge in [0.2, 0.25) is 0 Å². The summed E-state index contributed by atoms with van der Waals surface area (Å²) in [4.78, 5) is 0. The van der Waals surface area contributed by atoms with Crippen molar-refractivity contribution in [3.63, 3.8) is 0 Å². The Kier molecular flexibility index (Phi) is 7.82. The van der Waals surface area contributed by atoms with Crippen molar-refractivity contribution in [1.82, 2.24) is 0 Å². The molecule has 30 heavy (non-hydrogen) atoms. The molecule has 0 radical (unpaired) electrons. The van der Waals surface area contributed by atoms with E-state index >= 15 is 0 Å². The lowest BCUT2D eigenvalue weighted by molar-refractivity contribution is 0.269. The van der Waals surface area contributed by atoms with Gasteiger partial charge in [0.25, 0.3) is 0 Å². The van der Waals surface area contributed by atoms with Crippen molar-refractivity contribution in [3.05, 3.63) is 81.0 Å². The topological polar surface area (TPSA) is 39.7 Å². The molecule has 0 aromatic heterocycles. The fraction of sp³-hybridized carbons (Fsp3) is 0.217. The summed E-state index contributed by atoms with van der Waals surface area (Å²) in [6.07, 6.45) is 0. The summed E-state index contributed by atoms with van der Waals surface area (Å²) in [5, 5.41) is 3.89. The average Bonchev–Trinajstić information content (AvgIpc) is 2.74. The van der Waals surface area contributed by atoms with Crippen LogP contribution in [0.4, 0.5) is 10.1 Å². The Morgan fingerprint density at radius 3 is 2.37 bits per heavy atom. The van der Waals surface area contributed by atoms with Gasteiger partial charge in [0, 0.05) is 16.7 Å². The first kappa shape index (κ1) is 22.2. The normalized spacial score (nSPS) is 10.6. The number of halogens is 3. The summed E-state index contributed by atoms with van der Waals surface area (Å²) in [7, 11) is 1.58. The maximum absolute atomic E-state index is 13.1. The van der Waals surface area contributed by atoms with E-state index in [1.165, 1.54) is 12.1 Å². The van der Waals surface area contributed by atoms with E-state index in [0.29, 0.717) is 42.0 Å². The number of hydrogen-bond donors (Lipinski definition) is 1. The quantitative estimate of drug-likeness (QED) is 0.353. The predicted octanol–water partition coefficient (Wildman–Crippen LogP) is 6.84. The molecule has 0 atom stereocenters. The number of ether oxygens (including phenoxy) is 3. The zero-order valence-corrected chi connectivity index (χ0v) is 19.0. The van der Waals surface area contributed by atoms with Crippen molar-refractivity contribution in [1.29, 1.82) is 0 Å². The molecule has 0 fully saturated rings. The third kappa shape index (κ3) is 5.80. The molecule has 0 saturated heterocycles. The van der Waals surface area contributed by atoms with Crippen LogP contribution >= 0.6 is 27.5 Å². The summed E-state index contributed by atoms with van der Waals surface area (Å²) in [6, 6.07) is 15.6. The zero-order valence-electron chi connectivity index (χ0n) is 16.7. The van der Waals surface area contributed by atoms with E-state index < -0.39 is 0 Å². The number of rotatable bonds is 9. The second kappa shape index (κ2) is 10.5. The van der Waals surface area contributed by atoms with Gasteiger partial charge < -0.3 is 19.5 Å². The molecule has 3 aromatic carbocycles. The molecular weight excluding hydrogens is 473 g/mol. The standard InChI is InChI=1S/C23H22BrClFNO3/c1-3-29-22-10-16(13-27-18-8-9-21(28-2)20(25)11-18)19(24)12-23(22)30-14-15-4-6-17(26)7-5-15/h4-12,27H,3,13-14H2,1-2H3. The highest BCUT2D eigenvalue weighted by molar-refractivity contribution is 9.10. The van der Waals surface area contributed by atoms with Gasteiger partial charge in [-0.1, -0.05) is 39.7 Å². The number of benzene rings is 3. The summed E-state index contributed by atoms with van der Waals surface area (Å²) in [5.41, 5.74) is 2.75. The van der Waals surface area contributed by atoms with Gasteiger partial charge in [-0.05, 0) is 60.5 Å². The summed E-state index contributed by atoms with van der Waals surface area (Å²) < 4.78 is 30.8. The van der Waals surface area contributed by atoms with E-state index in [1.54, 1.807) is 19.2 Å². The SMILES string of the molecule is CCOc1cc(CNc2ccc(OC)c(Cl)c2)c(Br)cc1OCc1ccc(F)cc1. The molecule has 4 nitrogen and oxygen atoms in total. The summed E-state index contributed by atoms with van der Waals surface area (Å²) in [5.74, 6) is 1.62. The first-order valence-electron chi connectivity index (χ1n) is 9.40. The minimum absolute atomic E-state index is 0.272. The minimum atomic E-state index is -0.272. The van der Waals surface area contributed by atoms with Crippen molar-refractivity contribution < 1.29 is 18.6 Å². The number of nitrogens with one attached hydrogen (secondary N) is 1. The Labute approximate surface area is 189 Å². The van der Waals surface area contributed by atoms with E-state index in [2.05, 4.69) is 21.2 Å². The van der Waals surface area contributed by atoms with E-state index in [9.17, 15) is 4.39 Å². The van der Waals surface area contributed by atoms with Crippen LogP contribution in [0, 0.1) is 5.82 Å². The highest BCUT2D eigenvalue weighted by Gasteiger charge is 2.12. The van der Waals surface area contributed by atoms with Crippen LogP contribution in [0.5, 0.6) is 17.2 Å². The van der Waals surface area contributed by atoms with Gasteiger partial charge >= 0.3 is 0 Å². The molecule has 0 heterocycles. The zero-order chi connectivity index (χ0) is 21.5. The van der Waals surface area contributed by atoms with Gasteiger partial charge in [-0.25, -0.2) is 4.39 Å². The lowest BCUT2D eigenvalue weighted by Crippen LogP contribution is -2.04. The lowest BCUT2D eigenvalue weighted by Gasteiger charge is -2.16. The predicted molar refractivity (Wildman–Crippen MR) is 121 cm³/mol. The number of anilines is 1. The first-order chi connectivity index (χ1) is 14.5. The largest absolute Gasteiger partial charge is 0.495 e. The molecular formula is C23H22BrClFNO3. The van der Waals surface area contributed by atoms with Crippen LogP contribution in [-0.4, -0.2) is 13.7 Å². The van der Waals surface area contributed by atoms with Crippen molar-refractivity contribution in [2.75, 3.05) is 19.0 Å². The molecule has 0 saturated carbocycles. The van der Waals surface area contributed by atoms with Gasteiger partial charge in [-0.2, -0.15) is 0 Å². The Hall–Kier alpha value is -2.44. The highest BCUT2D eigenvalue weighted by Crippen LogP contribution is 2.35. The molecule has 0 aliphatic heterocycles. The molecule has 0 spiro atoms. The maximum atomic E-state index is 13.1. The van der Waals surface area contributed by atoms with Crippen molar-refractivity contribution in [2.45, 2.75) is 20.1 Å². The Balaban J connectivity index is 1.73. The van der Waals surface area contributed by atoms with Gasteiger partial charge in [-0.15, -0.1) is 0 Å². The van der Waals surface area contributed by atoms with Crippen LogP contribution in [0.3, 0.4) is 0 Å². The van der Waals surface area contributed by atoms with Gasteiger partial charge in [0.15, 0.2) is 11.5 Å². The molecule has 0 bridgehead atoms. The van der Waals surface area contributed by atoms with Crippen LogP contribution < -0.4 is 19.5 Å². The molecule has 0 aliphatic carbocycles. The van der Waals surface area contributed by atoms with E-state index in [0.717, 1.165) is 21.3 Å². The van der Waals surface area contributed by atoms with Crippen molar-refractivity contribution in [3.8, 4) is 17.2 Å². The molecule has 0 aliphatic rings. The van der Waals surface area contributed by atoms with E-state index in [-0.39, 0.29) is 5.82 Å². The monoisotopic (exact) mass is 493 g/mol. The van der Waals surface area contributed by atoms with E-state index in [4.69, 9.17) is 25.8 Å². The van der Waals surface area contributed by atoms with Gasteiger partial charge in [0.1, 0.15) is 18.2 Å². The minimum Gasteiger partial charge on any atom is -0.495 e. The Morgan fingerprint density at radius 2 is 1.70 bits per heavy atom. The van der Waals surface area contributed by atoms with Crippen LogP contribution in [0.25, 0.3) is 0 Å². The maximum Gasteiger partial charge on any atom is 0.162 e. The summed E-state index contributed by atoms with van der Waals surface area (Å²) in [6.45, 7) is 3.30. The van der Waals surface area contributed by atoms with Gasteiger partial charge in [-0.3, -0.25) is 0 Å².